The molecule has 0 amide bonds. The fraction of sp³-hybridized carbons (Fsp3) is 0.238. The predicted octanol–water partition coefficient (Wildman–Crippen LogP) is 5.18. The highest BCUT2D eigenvalue weighted by Gasteiger charge is 2.13. The topological polar surface area (TPSA) is 9.23 Å². The lowest BCUT2D eigenvalue weighted by atomic mass is 9.87. The molecule has 1 heteroatoms. The number of hydrogen-bond acceptors (Lipinski definition) is 1. The highest BCUT2D eigenvalue weighted by Crippen LogP contribution is 2.27. The lowest BCUT2D eigenvalue weighted by Gasteiger charge is -2.18. The molecule has 112 valence electrons. The molecule has 2 rings (SSSR count). The molecular formula is C21H22O. The highest BCUT2D eigenvalue weighted by molar-refractivity contribution is 5.49. The number of ether oxygens (including phenoxy) is 1. The van der Waals surface area contributed by atoms with Gasteiger partial charge in [-0.3, -0.25) is 0 Å². The van der Waals surface area contributed by atoms with E-state index in [-0.39, 0.29) is 0 Å². The molecule has 0 saturated heterocycles. The summed E-state index contributed by atoms with van der Waals surface area (Å²) in [6.45, 7) is 8.58. The maximum absolute atomic E-state index is 5.82. The molecular weight excluding hydrogens is 268 g/mol. The van der Waals surface area contributed by atoms with E-state index in [1.54, 1.807) is 0 Å². The van der Waals surface area contributed by atoms with Crippen LogP contribution in [-0.4, -0.2) is 6.61 Å². The van der Waals surface area contributed by atoms with Crippen molar-refractivity contribution in [1.29, 1.82) is 0 Å². The number of allylic oxidation sites excluding steroid dienone is 5. The van der Waals surface area contributed by atoms with Crippen LogP contribution in [0.4, 0.5) is 0 Å². The van der Waals surface area contributed by atoms with Crippen molar-refractivity contribution in [3.8, 4) is 18.1 Å². The van der Waals surface area contributed by atoms with E-state index in [4.69, 9.17) is 11.2 Å². The van der Waals surface area contributed by atoms with Gasteiger partial charge in [-0.1, -0.05) is 55.9 Å². The average molecular weight is 290 g/mol. The summed E-state index contributed by atoms with van der Waals surface area (Å²) >= 11 is 0. The van der Waals surface area contributed by atoms with Crippen molar-refractivity contribution in [2.75, 3.05) is 6.61 Å². The maximum atomic E-state index is 5.82. The van der Waals surface area contributed by atoms with E-state index in [1.165, 1.54) is 5.57 Å². The Hall–Kier alpha value is -2.46. The van der Waals surface area contributed by atoms with Crippen LogP contribution < -0.4 is 4.74 Å². The van der Waals surface area contributed by atoms with Gasteiger partial charge in [0.05, 0.1) is 0 Å². The molecule has 22 heavy (non-hydrogen) atoms. The maximum Gasteiger partial charge on any atom is 0.119 e. The quantitative estimate of drug-likeness (QED) is 0.679. The zero-order valence-electron chi connectivity index (χ0n) is 13.3. The molecule has 1 aromatic carbocycles. The molecule has 0 bridgehead atoms. The minimum Gasteiger partial charge on any atom is -0.489 e. The summed E-state index contributed by atoms with van der Waals surface area (Å²) in [5, 5.41) is 0. The Balaban J connectivity index is 2.06. The summed E-state index contributed by atoms with van der Waals surface area (Å²) in [5.41, 5.74) is 4.46. The predicted molar refractivity (Wildman–Crippen MR) is 94.6 cm³/mol. The Morgan fingerprint density at radius 1 is 1.41 bits per heavy atom. The molecule has 1 aliphatic carbocycles. The first-order valence-electron chi connectivity index (χ1n) is 7.54. The first kappa shape index (κ1) is 15.9. The van der Waals surface area contributed by atoms with Gasteiger partial charge >= 0.3 is 0 Å². The van der Waals surface area contributed by atoms with Gasteiger partial charge in [-0.15, -0.1) is 6.42 Å². The molecule has 0 N–H and O–H groups in total. The van der Waals surface area contributed by atoms with Crippen molar-refractivity contribution in [3.63, 3.8) is 0 Å². The van der Waals surface area contributed by atoms with Gasteiger partial charge in [0, 0.05) is 5.57 Å². The van der Waals surface area contributed by atoms with Crippen LogP contribution in [0.25, 0.3) is 6.08 Å². The van der Waals surface area contributed by atoms with E-state index < -0.39 is 0 Å². The standard InChI is InChI=1S/C21H22O/c1-5-18-10-12-20(13-11-18)22-15-16(3)14-21-17(4)8-7-9-19(21)6-2/h2,5,7,9-14,17H,1,8,15H2,3-4H3/b16-14+. The normalized spacial score (nSPS) is 18.0. The zero-order valence-corrected chi connectivity index (χ0v) is 13.3. The van der Waals surface area contributed by atoms with E-state index in [0.717, 1.165) is 28.9 Å². The van der Waals surface area contributed by atoms with Crippen LogP contribution in [0.2, 0.25) is 0 Å². The van der Waals surface area contributed by atoms with Gasteiger partial charge < -0.3 is 4.74 Å². The molecule has 1 atom stereocenters. The third-order valence-electron chi connectivity index (χ3n) is 3.76. The number of benzene rings is 1. The summed E-state index contributed by atoms with van der Waals surface area (Å²) in [4.78, 5) is 0. The van der Waals surface area contributed by atoms with Crippen LogP contribution in [-0.2, 0) is 0 Å². The van der Waals surface area contributed by atoms with E-state index in [1.807, 2.05) is 36.4 Å². The minimum absolute atomic E-state index is 0.456. The Labute approximate surface area is 133 Å². The Kier molecular flexibility index (Phi) is 5.44. The Morgan fingerprint density at radius 2 is 2.14 bits per heavy atom. The Morgan fingerprint density at radius 3 is 2.77 bits per heavy atom. The highest BCUT2D eigenvalue weighted by atomic mass is 16.5. The van der Waals surface area contributed by atoms with Gasteiger partial charge in [0.15, 0.2) is 0 Å². The minimum atomic E-state index is 0.456. The van der Waals surface area contributed by atoms with Crippen molar-refractivity contribution in [2.24, 2.45) is 5.92 Å². The lowest BCUT2D eigenvalue weighted by Crippen LogP contribution is -2.06. The van der Waals surface area contributed by atoms with Gasteiger partial charge in [-0.05, 0) is 48.1 Å². The smallest absolute Gasteiger partial charge is 0.119 e. The summed E-state index contributed by atoms with van der Waals surface area (Å²) in [6.07, 6.45) is 14.8. The first-order valence-corrected chi connectivity index (χ1v) is 7.54. The van der Waals surface area contributed by atoms with Crippen molar-refractivity contribution in [2.45, 2.75) is 20.3 Å². The van der Waals surface area contributed by atoms with Crippen LogP contribution in [0.1, 0.15) is 25.8 Å². The first-order chi connectivity index (χ1) is 10.6. The summed E-state index contributed by atoms with van der Waals surface area (Å²) in [5.74, 6) is 4.09. The van der Waals surface area contributed by atoms with Crippen LogP contribution in [0.5, 0.6) is 5.75 Å². The van der Waals surface area contributed by atoms with Crippen molar-refractivity contribution in [3.05, 3.63) is 71.4 Å². The van der Waals surface area contributed by atoms with Crippen molar-refractivity contribution >= 4 is 6.08 Å². The third kappa shape index (κ3) is 4.02. The molecule has 0 radical (unpaired) electrons. The average Bonchev–Trinajstić information content (AvgIpc) is 2.55. The largest absolute Gasteiger partial charge is 0.489 e. The van der Waals surface area contributed by atoms with Crippen LogP contribution in [0.3, 0.4) is 0 Å². The molecule has 0 fully saturated rings. The molecule has 1 aromatic rings. The molecule has 0 heterocycles. The molecule has 0 aromatic heterocycles. The molecule has 1 unspecified atom stereocenters. The van der Waals surface area contributed by atoms with Gasteiger partial charge in [0.2, 0.25) is 0 Å². The molecule has 1 nitrogen and oxygen atoms in total. The second-order valence-electron chi connectivity index (χ2n) is 5.60. The van der Waals surface area contributed by atoms with E-state index in [0.29, 0.717) is 12.5 Å². The van der Waals surface area contributed by atoms with Gasteiger partial charge in [-0.2, -0.15) is 0 Å². The molecule has 0 spiro atoms. The molecule has 0 aliphatic heterocycles. The lowest BCUT2D eigenvalue weighted by molar-refractivity contribution is 0.352. The summed E-state index contributed by atoms with van der Waals surface area (Å²) < 4.78 is 5.82. The van der Waals surface area contributed by atoms with Gasteiger partial charge in [0.25, 0.3) is 0 Å². The van der Waals surface area contributed by atoms with Crippen LogP contribution in [0.15, 0.2) is 65.8 Å². The van der Waals surface area contributed by atoms with Crippen LogP contribution in [0, 0.1) is 18.3 Å². The summed E-state index contributed by atoms with van der Waals surface area (Å²) in [6, 6.07) is 7.91. The van der Waals surface area contributed by atoms with E-state index in [2.05, 4.69) is 38.5 Å². The second kappa shape index (κ2) is 7.52. The van der Waals surface area contributed by atoms with Crippen LogP contribution >= 0.6 is 0 Å². The fourth-order valence-electron chi connectivity index (χ4n) is 2.43. The number of terminal acetylenes is 1. The molecule has 0 saturated carbocycles. The van der Waals surface area contributed by atoms with E-state index in [9.17, 15) is 0 Å². The van der Waals surface area contributed by atoms with Crippen molar-refractivity contribution < 1.29 is 4.74 Å². The fourth-order valence-corrected chi connectivity index (χ4v) is 2.43. The summed E-state index contributed by atoms with van der Waals surface area (Å²) in [7, 11) is 0. The number of hydrogen-bond donors (Lipinski definition) is 0. The molecule has 1 aliphatic rings. The Bertz CT molecular complexity index is 663. The SMILES string of the molecule is C#CC1=C(/C=C(\C)COc2ccc(C=C)cc2)C(C)CC=C1. The zero-order chi connectivity index (χ0) is 15.9. The second-order valence-corrected chi connectivity index (χ2v) is 5.60. The monoisotopic (exact) mass is 290 g/mol. The van der Waals surface area contributed by atoms with Crippen molar-refractivity contribution in [1.82, 2.24) is 0 Å². The van der Waals surface area contributed by atoms with E-state index >= 15 is 0 Å². The third-order valence-corrected chi connectivity index (χ3v) is 3.76. The van der Waals surface area contributed by atoms with Gasteiger partial charge in [-0.25, -0.2) is 0 Å². The van der Waals surface area contributed by atoms with Gasteiger partial charge in [0.1, 0.15) is 12.4 Å². The number of rotatable bonds is 5.